The zero-order valence-electron chi connectivity index (χ0n) is 10.1. The molecule has 92 valence electrons. The fourth-order valence-electron chi connectivity index (χ4n) is 1.46. The molecule has 0 bridgehead atoms. The predicted molar refractivity (Wildman–Crippen MR) is 70.6 cm³/mol. The Hall–Kier alpha value is -2.43. The van der Waals surface area contributed by atoms with Crippen LogP contribution in [0.15, 0.2) is 42.7 Å². The van der Waals surface area contributed by atoms with Gasteiger partial charge in [-0.2, -0.15) is 0 Å². The molecular formula is C13H14N4O. The van der Waals surface area contributed by atoms with E-state index < -0.39 is 0 Å². The highest BCUT2D eigenvalue weighted by Gasteiger charge is 2.08. The van der Waals surface area contributed by atoms with Crippen LogP contribution in [0.3, 0.4) is 0 Å². The van der Waals surface area contributed by atoms with E-state index >= 15 is 0 Å². The Morgan fingerprint density at radius 3 is 2.72 bits per heavy atom. The number of aromatic nitrogens is 2. The Balaban J connectivity index is 2.11. The summed E-state index contributed by atoms with van der Waals surface area (Å²) < 4.78 is 0. The maximum absolute atomic E-state index is 11.9. The Bertz CT molecular complexity index is 528. The summed E-state index contributed by atoms with van der Waals surface area (Å²) in [6.07, 6.45) is 3.03. The van der Waals surface area contributed by atoms with Crippen molar-refractivity contribution in [3.8, 4) is 0 Å². The summed E-state index contributed by atoms with van der Waals surface area (Å²) in [5.74, 6) is 0.326. The van der Waals surface area contributed by atoms with Gasteiger partial charge in [0.25, 0.3) is 5.91 Å². The highest BCUT2D eigenvalue weighted by Crippen LogP contribution is 2.08. The van der Waals surface area contributed by atoms with Crippen molar-refractivity contribution in [2.45, 2.75) is 6.92 Å². The summed E-state index contributed by atoms with van der Waals surface area (Å²) in [6, 6.07) is 9.24. The monoisotopic (exact) mass is 242 g/mol. The molecule has 1 amide bonds. The normalized spacial score (nSPS) is 9.83. The highest BCUT2D eigenvalue weighted by atomic mass is 16.1. The fraction of sp³-hybridized carbons (Fsp3) is 0.154. The van der Waals surface area contributed by atoms with E-state index in [9.17, 15) is 4.79 Å². The van der Waals surface area contributed by atoms with Crippen LogP contribution < -0.4 is 10.6 Å². The molecule has 0 radical (unpaired) electrons. The second-order valence-corrected chi connectivity index (χ2v) is 3.64. The second kappa shape index (κ2) is 5.77. The van der Waals surface area contributed by atoms with Crippen molar-refractivity contribution in [3.63, 3.8) is 0 Å². The number of nitrogens with zero attached hydrogens (tertiary/aromatic N) is 2. The van der Waals surface area contributed by atoms with Gasteiger partial charge in [0.1, 0.15) is 11.5 Å². The van der Waals surface area contributed by atoms with Crippen LogP contribution in [0.4, 0.5) is 11.5 Å². The molecule has 0 atom stereocenters. The highest BCUT2D eigenvalue weighted by molar-refractivity contribution is 6.02. The van der Waals surface area contributed by atoms with E-state index in [2.05, 4.69) is 20.6 Å². The number of hydrogen-bond donors (Lipinski definition) is 2. The Labute approximate surface area is 105 Å². The zero-order chi connectivity index (χ0) is 12.8. The van der Waals surface area contributed by atoms with Gasteiger partial charge in [0.2, 0.25) is 0 Å². The van der Waals surface area contributed by atoms with Crippen LogP contribution in [-0.4, -0.2) is 22.4 Å². The predicted octanol–water partition coefficient (Wildman–Crippen LogP) is 2.16. The molecule has 2 rings (SSSR count). The average molecular weight is 242 g/mol. The molecule has 1 aromatic carbocycles. The molecule has 1 aromatic heterocycles. The smallest absolute Gasteiger partial charge is 0.275 e. The maximum atomic E-state index is 11.9. The van der Waals surface area contributed by atoms with Crippen molar-refractivity contribution < 1.29 is 4.79 Å². The lowest BCUT2D eigenvalue weighted by Crippen LogP contribution is -2.15. The average Bonchev–Trinajstić information content (AvgIpc) is 2.40. The molecule has 5 nitrogen and oxygen atoms in total. The van der Waals surface area contributed by atoms with E-state index in [1.54, 1.807) is 6.20 Å². The second-order valence-electron chi connectivity index (χ2n) is 3.64. The molecule has 0 unspecified atom stereocenters. The third-order valence-corrected chi connectivity index (χ3v) is 2.26. The molecular weight excluding hydrogens is 228 g/mol. The van der Waals surface area contributed by atoms with E-state index in [1.165, 1.54) is 6.20 Å². The molecule has 5 heteroatoms. The number of carbonyl (C=O) groups excluding carboxylic acids is 1. The number of rotatable bonds is 4. The molecule has 0 saturated heterocycles. The summed E-state index contributed by atoms with van der Waals surface area (Å²) in [5, 5.41) is 5.77. The third-order valence-electron chi connectivity index (χ3n) is 2.26. The van der Waals surface area contributed by atoms with Crippen molar-refractivity contribution in [1.82, 2.24) is 9.97 Å². The van der Waals surface area contributed by atoms with Gasteiger partial charge in [0.15, 0.2) is 0 Å². The van der Waals surface area contributed by atoms with Crippen molar-refractivity contribution in [2.75, 3.05) is 17.2 Å². The standard InChI is InChI=1S/C13H14N4O/c1-2-15-12-9-14-8-11(17-12)13(18)16-10-6-4-3-5-7-10/h3-9H,2H2,1H3,(H,15,17)(H,16,18). The van der Waals surface area contributed by atoms with Gasteiger partial charge in [0.05, 0.1) is 12.4 Å². The van der Waals surface area contributed by atoms with E-state index in [4.69, 9.17) is 0 Å². The zero-order valence-corrected chi connectivity index (χ0v) is 10.1. The summed E-state index contributed by atoms with van der Waals surface area (Å²) >= 11 is 0. The van der Waals surface area contributed by atoms with E-state index in [0.717, 1.165) is 12.2 Å². The minimum absolute atomic E-state index is 0.270. The van der Waals surface area contributed by atoms with Crippen molar-refractivity contribution in [1.29, 1.82) is 0 Å². The largest absolute Gasteiger partial charge is 0.369 e. The van der Waals surface area contributed by atoms with Gasteiger partial charge in [-0.3, -0.25) is 9.78 Å². The van der Waals surface area contributed by atoms with Gasteiger partial charge < -0.3 is 10.6 Å². The molecule has 0 spiro atoms. The van der Waals surface area contributed by atoms with Gasteiger partial charge in [-0.05, 0) is 19.1 Å². The van der Waals surface area contributed by atoms with Gasteiger partial charge in [-0.15, -0.1) is 0 Å². The minimum Gasteiger partial charge on any atom is -0.369 e. The van der Waals surface area contributed by atoms with Gasteiger partial charge in [-0.25, -0.2) is 4.98 Å². The topological polar surface area (TPSA) is 66.9 Å². The number of amides is 1. The summed E-state index contributed by atoms with van der Waals surface area (Å²) in [5.41, 5.74) is 1.02. The number of para-hydroxylation sites is 1. The molecule has 1 heterocycles. The molecule has 2 aromatic rings. The van der Waals surface area contributed by atoms with E-state index in [0.29, 0.717) is 5.82 Å². The van der Waals surface area contributed by atoms with Crippen molar-refractivity contribution >= 4 is 17.4 Å². The van der Waals surface area contributed by atoms with Crippen LogP contribution in [0.1, 0.15) is 17.4 Å². The number of benzene rings is 1. The Morgan fingerprint density at radius 2 is 2.00 bits per heavy atom. The van der Waals surface area contributed by atoms with E-state index in [1.807, 2.05) is 37.3 Å². The van der Waals surface area contributed by atoms with Gasteiger partial charge >= 0.3 is 0 Å². The van der Waals surface area contributed by atoms with E-state index in [-0.39, 0.29) is 11.6 Å². The van der Waals surface area contributed by atoms with Crippen molar-refractivity contribution in [3.05, 3.63) is 48.4 Å². The third kappa shape index (κ3) is 3.04. The maximum Gasteiger partial charge on any atom is 0.275 e. The molecule has 0 aliphatic rings. The van der Waals surface area contributed by atoms with Gasteiger partial charge in [0, 0.05) is 12.2 Å². The molecule has 0 saturated carbocycles. The summed E-state index contributed by atoms with van der Waals surface area (Å²) in [7, 11) is 0. The number of nitrogens with one attached hydrogen (secondary N) is 2. The Kier molecular flexibility index (Phi) is 3.86. The summed E-state index contributed by atoms with van der Waals surface area (Å²) in [4.78, 5) is 20.1. The minimum atomic E-state index is -0.270. The first-order valence-corrected chi connectivity index (χ1v) is 5.72. The summed E-state index contributed by atoms with van der Waals surface area (Å²) in [6.45, 7) is 2.69. The van der Waals surface area contributed by atoms with Crippen LogP contribution in [0.2, 0.25) is 0 Å². The molecule has 18 heavy (non-hydrogen) atoms. The van der Waals surface area contributed by atoms with Crippen LogP contribution in [-0.2, 0) is 0 Å². The first kappa shape index (κ1) is 12.0. The number of anilines is 2. The van der Waals surface area contributed by atoms with Crippen LogP contribution in [0.5, 0.6) is 0 Å². The van der Waals surface area contributed by atoms with Crippen LogP contribution >= 0.6 is 0 Å². The van der Waals surface area contributed by atoms with Crippen LogP contribution in [0.25, 0.3) is 0 Å². The lowest BCUT2D eigenvalue weighted by molar-refractivity contribution is 0.102. The molecule has 2 N–H and O–H groups in total. The fourth-order valence-corrected chi connectivity index (χ4v) is 1.46. The first-order valence-electron chi connectivity index (χ1n) is 5.72. The molecule has 0 aliphatic carbocycles. The lowest BCUT2D eigenvalue weighted by Gasteiger charge is -2.06. The molecule has 0 fully saturated rings. The van der Waals surface area contributed by atoms with Gasteiger partial charge in [-0.1, -0.05) is 18.2 Å². The first-order chi connectivity index (χ1) is 8.79. The lowest BCUT2D eigenvalue weighted by atomic mass is 10.3. The number of carbonyl (C=O) groups is 1. The van der Waals surface area contributed by atoms with Crippen molar-refractivity contribution in [2.24, 2.45) is 0 Å². The Morgan fingerprint density at radius 1 is 1.22 bits per heavy atom. The quantitative estimate of drug-likeness (QED) is 0.862. The van der Waals surface area contributed by atoms with Crippen LogP contribution in [0, 0.1) is 0 Å². The number of hydrogen-bond acceptors (Lipinski definition) is 4. The SMILES string of the molecule is CCNc1cncc(C(=O)Nc2ccccc2)n1. The molecule has 0 aliphatic heterocycles.